The van der Waals surface area contributed by atoms with Gasteiger partial charge in [-0.3, -0.25) is 5.41 Å². The number of nitrogens with zero attached hydrogens (tertiary/aromatic N) is 2. The number of nitrogens with one attached hydrogen (secondary N) is 1. The molecule has 1 saturated carbocycles. The number of aryl methyl sites for hydroxylation is 2. The lowest BCUT2D eigenvalue weighted by molar-refractivity contribution is 0.665. The highest BCUT2D eigenvalue weighted by atomic mass is 15.2. The van der Waals surface area contributed by atoms with Crippen molar-refractivity contribution >= 4 is 11.7 Å². The molecule has 3 rings (SSSR count). The van der Waals surface area contributed by atoms with Crippen LogP contribution in [0.2, 0.25) is 0 Å². The molecule has 4 nitrogen and oxygen atoms in total. The number of fused-ring (bicyclic) bond motifs is 1. The van der Waals surface area contributed by atoms with E-state index in [1.807, 2.05) is 0 Å². The first kappa shape index (κ1) is 11.5. The second-order valence-electron chi connectivity index (χ2n) is 5.43. The summed E-state index contributed by atoms with van der Waals surface area (Å²) in [6.45, 7) is 0. The fraction of sp³-hybridized carbons (Fsp3) is 0.571. The van der Waals surface area contributed by atoms with Gasteiger partial charge in [0.2, 0.25) is 0 Å². The first-order valence-electron chi connectivity index (χ1n) is 6.77. The van der Waals surface area contributed by atoms with Crippen LogP contribution in [0.25, 0.3) is 0 Å². The SMILES string of the molecule is CN(c1nc2c(cc1C(=N)N)CCCC2)C1CC1. The topological polar surface area (TPSA) is 66.0 Å². The Labute approximate surface area is 108 Å². The minimum Gasteiger partial charge on any atom is -0.384 e. The van der Waals surface area contributed by atoms with Crippen LogP contribution in [0, 0.1) is 5.41 Å². The second kappa shape index (κ2) is 4.26. The average molecular weight is 244 g/mol. The molecule has 3 N–H and O–H groups in total. The van der Waals surface area contributed by atoms with Crippen LogP contribution in [0.3, 0.4) is 0 Å². The molecule has 1 aromatic rings. The van der Waals surface area contributed by atoms with Gasteiger partial charge >= 0.3 is 0 Å². The van der Waals surface area contributed by atoms with Gasteiger partial charge in [-0.1, -0.05) is 0 Å². The van der Waals surface area contributed by atoms with Crippen molar-refractivity contribution in [1.29, 1.82) is 5.41 Å². The molecule has 96 valence electrons. The average Bonchev–Trinajstić information content (AvgIpc) is 3.20. The molecule has 2 aliphatic rings. The van der Waals surface area contributed by atoms with E-state index >= 15 is 0 Å². The highest BCUT2D eigenvalue weighted by Crippen LogP contribution is 2.33. The summed E-state index contributed by atoms with van der Waals surface area (Å²) in [7, 11) is 2.07. The number of rotatable bonds is 3. The summed E-state index contributed by atoms with van der Waals surface area (Å²) in [5.41, 5.74) is 9.04. The van der Waals surface area contributed by atoms with E-state index in [1.54, 1.807) is 0 Å². The fourth-order valence-electron chi connectivity index (χ4n) is 2.72. The van der Waals surface area contributed by atoms with Crippen molar-refractivity contribution in [2.45, 2.75) is 44.6 Å². The monoisotopic (exact) mass is 244 g/mol. The Bertz CT molecular complexity index is 491. The molecule has 0 atom stereocenters. The van der Waals surface area contributed by atoms with Crippen LogP contribution in [0.1, 0.15) is 42.5 Å². The van der Waals surface area contributed by atoms with Gasteiger partial charge in [-0.15, -0.1) is 0 Å². The van der Waals surface area contributed by atoms with Gasteiger partial charge < -0.3 is 10.6 Å². The Balaban J connectivity index is 2.06. The molecule has 4 heteroatoms. The van der Waals surface area contributed by atoms with Crippen molar-refractivity contribution in [2.75, 3.05) is 11.9 Å². The third-order valence-corrected chi connectivity index (χ3v) is 4.00. The Morgan fingerprint density at radius 3 is 2.78 bits per heavy atom. The summed E-state index contributed by atoms with van der Waals surface area (Å²) < 4.78 is 0. The van der Waals surface area contributed by atoms with Gasteiger partial charge in [0.1, 0.15) is 11.7 Å². The summed E-state index contributed by atoms with van der Waals surface area (Å²) in [5, 5.41) is 7.76. The molecule has 0 aliphatic heterocycles. The lowest BCUT2D eigenvalue weighted by Gasteiger charge is -2.24. The number of anilines is 1. The molecular formula is C14H20N4. The molecule has 1 aromatic heterocycles. The van der Waals surface area contributed by atoms with Gasteiger partial charge in [0, 0.05) is 18.8 Å². The highest BCUT2D eigenvalue weighted by molar-refractivity contribution is 6.00. The molecular weight excluding hydrogens is 224 g/mol. The maximum atomic E-state index is 7.76. The van der Waals surface area contributed by atoms with Crippen molar-refractivity contribution in [1.82, 2.24) is 4.98 Å². The van der Waals surface area contributed by atoms with Gasteiger partial charge in [-0.2, -0.15) is 0 Å². The van der Waals surface area contributed by atoms with Crippen molar-refractivity contribution in [2.24, 2.45) is 5.73 Å². The molecule has 0 spiro atoms. The van der Waals surface area contributed by atoms with E-state index in [-0.39, 0.29) is 5.84 Å². The fourth-order valence-corrected chi connectivity index (χ4v) is 2.72. The predicted molar refractivity (Wildman–Crippen MR) is 73.3 cm³/mol. The largest absolute Gasteiger partial charge is 0.384 e. The van der Waals surface area contributed by atoms with E-state index in [2.05, 4.69) is 18.0 Å². The zero-order valence-corrected chi connectivity index (χ0v) is 10.9. The van der Waals surface area contributed by atoms with Crippen molar-refractivity contribution < 1.29 is 0 Å². The van der Waals surface area contributed by atoms with Gasteiger partial charge in [-0.25, -0.2) is 4.98 Å². The van der Waals surface area contributed by atoms with E-state index in [1.165, 1.54) is 36.9 Å². The van der Waals surface area contributed by atoms with E-state index in [4.69, 9.17) is 16.1 Å². The van der Waals surface area contributed by atoms with Gasteiger partial charge in [0.25, 0.3) is 0 Å². The third-order valence-electron chi connectivity index (χ3n) is 4.00. The molecule has 0 radical (unpaired) electrons. The smallest absolute Gasteiger partial charge is 0.139 e. The van der Waals surface area contributed by atoms with Crippen molar-refractivity contribution in [3.8, 4) is 0 Å². The normalized spacial score (nSPS) is 18.3. The second-order valence-corrected chi connectivity index (χ2v) is 5.43. The maximum absolute atomic E-state index is 7.76. The van der Waals surface area contributed by atoms with Crippen LogP contribution in [-0.2, 0) is 12.8 Å². The number of amidine groups is 1. The Hall–Kier alpha value is -1.58. The molecule has 0 amide bonds. The Morgan fingerprint density at radius 2 is 2.11 bits per heavy atom. The van der Waals surface area contributed by atoms with E-state index < -0.39 is 0 Å². The number of hydrogen-bond donors (Lipinski definition) is 2. The third kappa shape index (κ3) is 1.96. The zero-order valence-electron chi connectivity index (χ0n) is 10.9. The van der Waals surface area contributed by atoms with Crippen LogP contribution < -0.4 is 10.6 Å². The summed E-state index contributed by atoms with van der Waals surface area (Å²) in [4.78, 5) is 7.00. The van der Waals surface area contributed by atoms with Gasteiger partial charge in [0.05, 0.1) is 5.56 Å². The van der Waals surface area contributed by atoms with E-state index in [0.29, 0.717) is 6.04 Å². The molecule has 2 aliphatic carbocycles. The Morgan fingerprint density at radius 1 is 1.39 bits per heavy atom. The molecule has 0 bridgehead atoms. The minimum atomic E-state index is 0.137. The van der Waals surface area contributed by atoms with Crippen LogP contribution in [0.4, 0.5) is 5.82 Å². The molecule has 0 unspecified atom stereocenters. The lowest BCUT2D eigenvalue weighted by Crippen LogP contribution is -2.27. The predicted octanol–water partition coefficient (Wildman–Crippen LogP) is 1.84. The number of aromatic nitrogens is 1. The van der Waals surface area contributed by atoms with Crippen LogP contribution in [0.5, 0.6) is 0 Å². The van der Waals surface area contributed by atoms with Crippen LogP contribution in [0.15, 0.2) is 6.07 Å². The Kier molecular flexibility index (Phi) is 2.73. The van der Waals surface area contributed by atoms with E-state index in [0.717, 1.165) is 24.2 Å². The maximum Gasteiger partial charge on any atom is 0.139 e. The summed E-state index contributed by atoms with van der Waals surface area (Å²) >= 11 is 0. The first-order valence-corrected chi connectivity index (χ1v) is 6.77. The number of nitrogens with two attached hydrogens (primary N) is 1. The summed E-state index contributed by atoms with van der Waals surface area (Å²) in [6, 6.07) is 2.69. The highest BCUT2D eigenvalue weighted by Gasteiger charge is 2.29. The first-order chi connectivity index (χ1) is 8.66. The van der Waals surface area contributed by atoms with Crippen molar-refractivity contribution in [3.63, 3.8) is 0 Å². The number of nitrogen functional groups attached to an aromatic ring is 1. The zero-order chi connectivity index (χ0) is 12.7. The molecule has 1 heterocycles. The standard InChI is InChI=1S/C14H20N4/c1-18(10-6-7-10)14-11(13(15)16)8-9-4-2-3-5-12(9)17-14/h8,10H,2-7H2,1H3,(H3,15,16). The number of pyridine rings is 1. The molecule has 1 fully saturated rings. The van der Waals surface area contributed by atoms with Crippen molar-refractivity contribution in [3.05, 3.63) is 22.9 Å². The molecule has 18 heavy (non-hydrogen) atoms. The van der Waals surface area contributed by atoms with E-state index in [9.17, 15) is 0 Å². The van der Waals surface area contributed by atoms with Crippen LogP contribution in [-0.4, -0.2) is 23.9 Å². The lowest BCUT2D eigenvalue weighted by atomic mass is 9.94. The van der Waals surface area contributed by atoms with Gasteiger partial charge in [-0.05, 0) is 50.2 Å². The molecule has 0 saturated heterocycles. The summed E-state index contributed by atoms with van der Waals surface area (Å²) in [5.74, 6) is 1.05. The van der Waals surface area contributed by atoms with Gasteiger partial charge in [0.15, 0.2) is 0 Å². The summed E-state index contributed by atoms with van der Waals surface area (Å²) in [6.07, 6.45) is 7.06. The molecule has 0 aromatic carbocycles. The minimum absolute atomic E-state index is 0.137. The number of hydrogen-bond acceptors (Lipinski definition) is 3. The quantitative estimate of drug-likeness (QED) is 0.630. The van der Waals surface area contributed by atoms with Crippen LogP contribution >= 0.6 is 0 Å².